The zero-order valence-electron chi connectivity index (χ0n) is 12.7. The van der Waals surface area contributed by atoms with E-state index in [-0.39, 0.29) is 17.7 Å². The van der Waals surface area contributed by atoms with Crippen LogP contribution in [0.15, 0.2) is 30.4 Å². The first kappa shape index (κ1) is 15.0. The molecule has 0 aromatic carbocycles. The number of pyridine rings is 1. The lowest BCUT2D eigenvalue weighted by molar-refractivity contribution is -0.0614. The Morgan fingerprint density at radius 2 is 2.10 bits per heavy atom. The van der Waals surface area contributed by atoms with E-state index in [1.54, 1.807) is 0 Å². The SMILES string of the molecule is Cc1cccc(N(O)[C@@H]2CCC=C[C@H]2OC(C)(C)C)n1. The molecule has 0 spiro atoms. The quantitative estimate of drug-likeness (QED) is 0.678. The summed E-state index contributed by atoms with van der Waals surface area (Å²) in [5, 5.41) is 11.8. The van der Waals surface area contributed by atoms with Gasteiger partial charge in [-0.1, -0.05) is 18.2 Å². The topological polar surface area (TPSA) is 45.6 Å². The number of aromatic nitrogens is 1. The number of anilines is 1. The molecule has 4 nitrogen and oxygen atoms in total. The predicted octanol–water partition coefficient (Wildman–Crippen LogP) is 3.49. The standard InChI is InChI=1S/C16H24N2O2/c1-12-8-7-11-15(17-12)18(19)13-9-5-6-10-14(13)20-16(2,3)4/h6-8,10-11,13-14,19H,5,9H2,1-4H3/t13-,14-/m1/s1. The summed E-state index contributed by atoms with van der Waals surface area (Å²) in [7, 11) is 0. The van der Waals surface area contributed by atoms with Gasteiger partial charge < -0.3 is 4.74 Å². The maximum atomic E-state index is 10.5. The molecule has 110 valence electrons. The van der Waals surface area contributed by atoms with Crippen LogP contribution in [0.3, 0.4) is 0 Å². The average Bonchev–Trinajstić information content (AvgIpc) is 2.37. The summed E-state index contributed by atoms with van der Waals surface area (Å²) in [6, 6.07) is 5.54. The fourth-order valence-electron chi connectivity index (χ4n) is 2.40. The smallest absolute Gasteiger partial charge is 0.152 e. The molecule has 0 amide bonds. The number of nitrogens with zero attached hydrogens (tertiary/aromatic N) is 2. The minimum atomic E-state index is -0.245. The molecule has 0 aliphatic heterocycles. The van der Waals surface area contributed by atoms with E-state index < -0.39 is 0 Å². The highest BCUT2D eigenvalue weighted by molar-refractivity contribution is 5.38. The first-order valence-electron chi connectivity index (χ1n) is 7.13. The van der Waals surface area contributed by atoms with Crippen LogP contribution in [0.5, 0.6) is 0 Å². The van der Waals surface area contributed by atoms with E-state index in [1.807, 2.05) is 52.0 Å². The summed E-state index contributed by atoms with van der Waals surface area (Å²) < 4.78 is 6.05. The third-order valence-electron chi connectivity index (χ3n) is 3.25. The van der Waals surface area contributed by atoms with E-state index in [9.17, 15) is 5.21 Å². The van der Waals surface area contributed by atoms with Gasteiger partial charge in [-0.15, -0.1) is 0 Å². The summed E-state index contributed by atoms with van der Waals surface area (Å²) in [6.07, 6.45) is 5.82. The van der Waals surface area contributed by atoms with E-state index in [4.69, 9.17) is 4.74 Å². The van der Waals surface area contributed by atoms with E-state index >= 15 is 0 Å². The highest BCUT2D eigenvalue weighted by Gasteiger charge is 2.31. The van der Waals surface area contributed by atoms with Crippen LogP contribution in [0.1, 0.15) is 39.3 Å². The Hall–Kier alpha value is -1.39. The van der Waals surface area contributed by atoms with Crippen LogP contribution < -0.4 is 5.06 Å². The lowest BCUT2D eigenvalue weighted by atomic mass is 9.97. The van der Waals surface area contributed by atoms with Crippen molar-refractivity contribution in [1.82, 2.24) is 4.98 Å². The second-order valence-corrected chi connectivity index (χ2v) is 6.25. The molecule has 2 atom stereocenters. The molecule has 1 aromatic heterocycles. The van der Waals surface area contributed by atoms with E-state index in [0.717, 1.165) is 18.5 Å². The van der Waals surface area contributed by atoms with E-state index in [1.165, 1.54) is 5.06 Å². The molecule has 0 unspecified atom stereocenters. The highest BCUT2D eigenvalue weighted by atomic mass is 16.5. The zero-order chi connectivity index (χ0) is 14.8. The van der Waals surface area contributed by atoms with Crippen molar-refractivity contribution in [3.63, 3.8) is 0 Å². The molecular weight excluding hydrogens is 252 g/mol. The molecule has 0 radical (unpaired) electrons. The van der Waals surface area contributed by atoms with Crippen molar-refractivity contribution >= 4 is 5.82 Å². The molecule has 0 bridgehead atoms. The fraction of sp³-hybridized carbons (Fsp3) is 0.562. The first-order chi connectivity index (χ1) is 9.37. The largest absolute Gasteiger partial charge is 0.366 e. The fourth-order valence-corrected chi connectivity index (χ4v) is 2.40. The van der Waals surface area contributed by atoms with Crippen molar-refractivity contribution in [2.75, 3.05) is 5.06 Å². The zero-order valence-corrected chi connectivity index (χ0v) is 12.7. The molecular formula is C16H24N2O2. The molecule has 0 fully saturated rings. The lowest BCUT2D eigenvalue weighted by Gasteiger charge is -2.37. The van der Waals surface area contributed by atoms with Crippen molar-refractivity contribution in [3.05, 3.63) is 36.0 Å². The van der Waals surface area contributed by atoms with Gasteiger partial charge in [-0.25, -0.2) is 10.0 Å². The van der Waals surface area contributed by atoms with Gasteiger partial charge >= 0.3 is 0 Å². The van der Waals surface area contributed by atoms with Crippen molar-refractivity contribution in [2.45, 2.75) is 58.3 Å². The van der Waals surface area contributed by atoms with Crippen LogP contribution in [-0.2, 0) is 4.74 Å². The maximum Gasteiger partial charge on any atom is 0.152 e. The van der Waals surface area contributed by atoms with Crippen LogP contribution in [0.25, 0.3) is 0 Å². The Labute approximate surface area is 121 Å². The molecule has 1 aromatic rings. The van der Waals surface area contributed by atoms with Gasteiger partial charge in [0.05, 0.1) is 17.7 Å². The Bertz CT molecular complexity index is 480. The van der Waals surface area contributed by atoms with Gasteiger partial charge in [0.15, 0.2) is 5.82 Å². The molecule has 0 saturated carbocycles. The summed E-state index contributed by atoms with van der Waals surface area (Å²) in [6.45, 7) is 8.00. The van der Waals surface area contributed by atoms with Crippen molar-refractivity contribution in [3.8, 4) is 0 Å². The van der Waals surface area contributed by atoms with E-state index in [0.29, 0.717) is 5.82 Å². The van der Waals surface area contributed by atoms with Gasteiger partial charge in [-0.3, -0.25) is 5.21 Å². The Kier molecular flexibility index (Phi) is 4.45. The third-order valence-corrected chi connectivity index (χ3v) is 3.25. The molecule has 2 rings (SSSR count). The Balaban J connectivity index is 2.18. The normalized spacial score (nSPS) is 22.9. The molecule has 1 N–H and O–H groups in total. The summed E-state index contributed by atoms with van der Waals surface area (Å²) in [5.74, 6) is 0.577. The molecule has 20 heavy (non-hydrogen) atoms. The van der Waals surface area contributed by atoms with Gasteiger partial charge in [-0.2, -0.15) is 0 Å². The Morgan fingerprint density at radius 3 is 2.75 bits per heavy atom. The van der Waals surface area contributed by atoms with Gasteiger partial charge in [0.1, 0.15) is 0 Å². The highest BCUT2D eigenvalue weighted by Crippen LogP contribution is 2.26. The minimum absolute atomic E-state index is 0.103. The molecule has 1 heterocycles. The summed E-state index contributed by atoms with van der Waals surface area (Å²) in [4.78, 5) is 4.38. The first-order valence-corrected chi connectivity index (χ1v) is 7.13. The van der Waals surface area contributed by atoms with Crippen molar-refractivity contribution in [2.24, 2.45) is 0 Å². The van der Waals surface area contributed by atoms with Gasteiger partial charge in [0.25, 0.3) is 0 Å². The van der Waals surface area contributed by atoms with E-state index in [2.05, 4.69) is 11.1 Å². The van der Waals surface area contributed by atoms with Crippen LogP contribution in [0, 0.1) is 6.92 Å². The van der Waals surface area contributed by atoms with Crippen LogP contribution >= 0.6 is 0 Å². The second-order valence-electron chi connectivity index (χ2n) is 6.25. The average molecular weight is 276 g/mol. The number of hydroxylamine groups is 1. The number of hydrogen-bond acceptors (Lipinski definition) is 4. The summed E-state index contributed by atoms with van der Waals surface area (Å²) in [5.41, 5.74) is 0.645. The number of allylic oxidation sites excluding steroid dienone is 1. The molecule has 1 aliphatic carbocycles. The summed E-state index contributed by atoms with van der Waals surface area (Å²) >= 11 is 0. The van der Waals surface area contributed by atoms with Crippen LogP contribution in [0.4, 0.5) is 5.82 Å². The lowest BCUT2D eigenvalue weighted by Crippen LogP contribution is -2.46. The van der Waals surface area contributed by atoms with Crippen LogP contribution in [-0.4, -0.2) is 27.9 Å². The van der Waals surface area contributed by atoms with Gasteiger partial charge in [0, 0.05) is 5.69 Å². The van der Waals surface area contributed by atoms with Gasteiger partial charge in [0.2, 0.25) is 0 Å². The minimum Gasteiger partial charge on any atom is -0.366 e. The number of ether oxygens (including phenoxy) is 1. The van der Waals surface area contributed by atoms with Gasteiger partial charge in [-0.05, 0) is 52.7 Å². The maximum absolute atomic E-state index is 10.5. The van der Waals surface area contributed by atoms with Crippen molar-refractivity contribution in [1.29, 1.82) is 0 Å². The number of aryl methyl sites for hydroxylation is 1. The molecule has 1 aliphatic rings. The Morgan fingerprint density at radius 1 is 1.35 bits per heavy atom. The number of rotatable bonds is 3. The third kappa shape index (κ3) is 3.81. The molecule has 4 heteroatoms. The second kappa shape index (κ2) is 5.94. The monoisotopic (exact) mass is 276 g/mol. The van der Waals surface area contributed by atoms with Crippen molar-refractivity contribution < 1.29 is 9.94 Å². The predicted molar refractivity (Wildman–Crippen MR) is 80.0 cm³/mol. The molecule has 0 saturated heterocycles. The number of hydrogen-bond donors (Lipinski definition) is 1. The van der Waals surface area contributed by atoms with Crippen LogP contribution in [0.2, 0.25) is 0 Å².